The van der Waals surface area contributed by atoms with Gasteiger partial charge in [-0.15, -0.1) is 0 Å². The molecule has 3 saturated heterocycles. The van der Waals surface area contributed by atoms with Crippen LogP contribution in [0.5, 0.6) is 0 Å². The third-order valence-electron chi connectivity index (χ3n) is 5.14. The molecule has 3 aliphatic rings. The molecule has 21 heavy (non-hydrogen) atoms. The van der Waals surface area contributed by atoms with Crippen molar-refractivity contribution in [3.63, 3.8) is 0 Å². The standard InChI is InChI=1S/C16H30N4O/c1-3-17-16(18-11-12-6-5-9-20(12)4-2)19-14-10-13-7-8-15(14)21-13/h12-15H,3-11H2,1-2H3,(H2,17,18,19). The van der Waals surface area contributed by atoms with Gasteiger partial charge in [0.15, 0.2) is 5.96 Å². The minimum Gasteiger partial charge on any atom is -0.373 e. The molecular formula is C16H30N4O. The van der Waals surface area contributed by atoms with E-state index in [-0.39, 0.29) is 0 Å². The number of hydrogen-bond donors (Lipinski definition) is 2. The number of nitrogens with one attached hydrogen (secondary N) is 2. The quantitative estimate of drug-likeness (QED) is 0.593. The van der Waals surface area contributed by atoms with Gasteiger partial charge in [0.05, 0.1) is 24.8 Å². The number of ether oxygens (including phenoxy) is 1. The lowest BCUT2D eigenvalue weighted by molar-refractivity contribution is 0.0992. The van der Waals surface area contributed by atoms with Crippen molar-refractivity contribution in [1.82, 2.24) is 15.5 Å². The van der Waals surface area contributed by atoms with Crippen molar-refractivity contribution in [2.75, 3.05) is 26.2 Å². The first-order chi connectivity index (χ1) is 10.3. The van der Waals surface area contributed by atoms with Crippen molar-refractivity contribution in [3.05, 3.63) is 0 Å². The van der Waals surface area contributed by atoms with Crippen LogP contribution in [0, 0.1) is 0 Å². The largest absolute Gasteiger partial charge is 0.373 e. The monoisotopic (exact) mass is 294 g/mol. The summed E-state index contributed by atoms with van der Waals surface area (Å²) in [5.74, 6) is 0.974. The maximum atomic E-state index is 5.92. The van der Waals surface area contributed by atoms with Crippen LogP contribution in [-0.2, 0) is 4.74 Å². The molecule has 3 fully saturated rings. The molecule has 3 heterocycles. The van der Waals surface area contributed by atoms with E-state index in [1.54, 1.807) is 0 Å². The van der Waals surface area contributed by atoms with Gasteiger partial charge in [-0.05, 0) is 52.1 Å². The van der Waals surface area contributed by atoms with E-state index in [9.17, 15) is 0 Å². The Labute approximate surface area is 128 Å². The average molecular weight is 294 g/mol. The molecule has 0 aromatic heterocycles. The van der Waals surface area contributed by atoms with Gasteiger partial charge >= 0.3 is 0 Å². The zero-order valence-corrected chi connectivity index (χ0v) is 13.5. The van der Waals surface area contributed by atoms with E-state index in [0.717, 1.165) is 32.0 Å². The van der Waals surface area contributed by atoms with Crippen LogP contribution in [0.25, 0.3) is 0 Å². The van der Waals surface area contributed by atoms with E-state index in [1.807, 2.05) is 0 Å². The number of rotatable bonds is 5. The molecule has 0 aromatic rings. The van der Waals surface area contributed by atoms with Crippen LogP contribution in [0.2, 0.25) is 0 Å². The van der Waals surface area contributed by atoms with Gasteiger partial charge in [0.25, 0.3) is 0 Å². The topological polar surface area (TPSA) is 48.9 Å². The minimum atomic E-state index is 0.400. The summed E-state index contributed by atoms with van der Waals surface area (Å²) < 4.78 is 5.92. The van der Waals surface area contributed by atoms with E-state index in [1.165, 1.54) is 32.2 Å². The van der Waals surface area contributed by atoms with Crippen LogP contribution < -0.4 is 10.6 Å². The van der Waals surface area contributed by atoms with Gasteiger partial charge in [0.1, 0.15) is 0 Å². The maximum absolute atomic E-state index is 5.92. The summed E-state index contributed by atoms with van der Waals surface area (Å²) in [7, 11) is 0. The normalized spacial score (nSPS) is 36.4. The first-order valence-electron chi connectivity index (χ1n) is 8.74. The van der Waals surface area contributed by atoms with E-state index < -0.39 is 0 Å². The van der Waals surface area contributed by atoms with Gasteiger partial charge in [-0.1, -0.05) is 6.92 Å². The molecule has 0 spiro atoms. The van der Waals surface area contributed by atoms with Crippen LogP contribution in [-0.4, -0.2) is 61.3 Å². The molecule has 3 rings (SSSR count). The number of likely N-dealkylation sites (N-methyl/N-ethyl adjacent to an activating group) is 1. The molecule has 0 aliphatic carbocycles. The Hall–Kier alpha value is -0.810. The van der Waals surface area contributed by atoms with Gasteiger partial charge in [-0.25, -0.2) is 0 Å². The molecule has 120 valence electrons. The molecule has 4 unspecified atom stereocenters. The fourth-order valence-corrected chi connectivity index (χ4v) is 4.00. The predicted octanol–water partition coefficient (Wildman–Crippen LogP) is 1.35. The highest BCUT2D eigenvalue weighted by molar-refractivity contribution is 5.80. The van der Waals surface area contributed by atoms with Crippen LogP contribution in [0.15, 0.2) is 4.99 Å². The zero-order valence-electron chi connectivity index (χ0n) is 13.5. The van der Waals surface area contributed by atoms with Crippen molar-refractivity contribution in [1.29, 1.82) is 0 Å². The Balaban J connectivity index is 1.54. The SMILES string of the molecule is CCNC(=NCC1CCCN1CC)NC1CC2CCC1O2. The van der Waals surface area contributed by atoms with Crippen LogP contribution in [0.3, 0.4) is 0 Å². The van der Waals surface area contributed by atoms with Crippen LogP contribution >= 0.6 is 0 Å². The summed E-state index contributed by atoms with van der Waals surface area (Å²) in [6.07, 6.45) is 7.07. The zero-order chi connectivity index (χ0) is 14.7. The Morgan fingerprint density at radius 1 is 1.29 bits per heavy atom. The van der Waals surface area contributed by atoms with Gasteiger partial charge in [-0.2, -0.15) is 0 Å². The van der Waals surface area contributed by atoms with Crippen LogP contribution in [0.1, 0.15) is 46.0 Å². The highest BCUT2D eigenvalue weighted by Crippen LogP contribution is 2.34. The first-order valence-corrected chi connectivity index (χ1v) is 8.74. The molecule has 4 atom stereocenters. The lowest BCUT2D eigenvalue weighted by Crippen LogP contribution is -2.48. The molecule has 2 bridgehead atoms. The first kappa shape index (κ1) is 15.1. The lowest BCUT2D eigenvalue weighted by Gasteiger charge is -2.24. The Morgan fingerprint density at radius 2 is 2.19 bits per heavy atom. The number of guanidine groups is 1. The molecule has 3 aliphatic heterocycles. The van der Waals surface area contributed by atoms with Crippen molar-refractivity contribution in [3.8, 4) is 0 Å². The number of aliphatic imine (C=N–C) groups is 1. The fourth-order valence-electron chi connectivity index (χ4n) is 4.00. The highest BCUT2D eigenvalue weighted by atomic mass is 16.5. The second-order valence-corrected chi connectivity index (χ2v) is 6.50. The van der Waals surface area contributed by atoms with Crippen molar-refractivity contribution >= 4 is 5.96 Å². The summed E-state index contributed by atoms with van der Waals surface area (Å²) in [6.45, 7) is 8.58. The molecule has 2 N–H and O–H groups in total. The Morgan fingerprint density at radius 3 is 2.86 bits per heavy atom. The summed E-state index contributed by atoms with van der Waals surface area (Å²) in [5, 5.41) is 6.99. The van der Waals surface area contributed by atoms with E-state index in [4.69, 9.17) is 9.73 Å². The molecule has 0 aromatic carbocycles. The van der Waals surface area contributed by atoms with Gasteiger partial charge in [-0.3, -0.25) is 9.89 Å². The van der Waals surface area contributed by atoms with Gasteiger partial charge < -0.3 is 15.4 Å². The Kier molecular flexibility index (Phi) is 5.01. The number of hydrogen-bond acceptors (Lipinski definition) is 3. The molecule has 5 heteroatoms. The lowest BCUT2D eigenvalue weighted by atomic mass is 9.96. The van der Waals surface area contributed by atoms with E-state index in [0.29, 0.717) is 24.3 Å². The average Bonchev–Trinajstić information content (AvgIpc) is 3.20. The Bertz CT molecular complexity index is 373. The number of nitrogens with zero attached hydrogens (tertiary/aromatic N) is 2. The maximum Gasteiger partial charge on any atom is 0.191 e. The van der Waals surface area contributed by atoms with Crippen molar-refractivity contribution in [2.24, 2.45) is 4.99 Å². The predicted molar refractivity (Wildman–Crippen MR) is 85.7 cm³/mol. The van der Waals surface area contributed by atoms with Gasteiger partial charge in [0.2, 0.25) is 0 Å². The van der Waals surface area contributed by atoms with Crippen molar-refractivity contribution < 1.29 is 4.74 Å². The number of fused-ring (bicyclic) bond motifs is 2. The molecule has 0 amide bonds. The molecule has 0 saturated carbocycles. The van der Waals surface area contributed by atoms with Crippen LogP contribution in [0.4, 0.5) is 0 Å². The second-order valence-electron chi connectivity index (χ2n) is 6.50. The smallest absolute Gasteiger partial charge is 0.191 e. The van der Waals surface area contributed by atoms with E-state index in [2.05, 4.69) is 29.4 Å². The third-order valence-corrected chi connectivity index (χ3v) is 5.14. The summed E-state index contributed by atoms with van der Waals surface area (Å²) in [6, 6.07) is 1.08. The molecule has 0 radical (unpaired) electrons. The highest BCUT2D eigenvalue weighted by Gasteiger charge is 2.41. The summed E-state index contributed by atoms with van der Waals surface area (Å²) in [5.41, 5.74) is 0. The second kappa shape index (κ2) is 6.97. The van der Waals surface area contributed by atoms with Crippen molar-refractivity contribution in [2.45, 2.75) is 70.2 Å². The summed E-state index contributed by atoms with van der Waals surface area (Å²) in [4.78, 5) is 7.39. The fraction of sp³-hybridized carbons (Fsp3) is 0.938. The minimum absolute atomic E-state index is 0.400. The molecular weight excluding hydrogens is 264 g/mol. The van der Waals surface area contributed by atoms with E-state index >= 15 is 0 Å². The number of likely N-dealkylation sites (tertiary alicyclic amines) is 1. The van der Waals surface area contributed by atoms with Gasteiger partial charge in [0, 0.05) is 12.6 Å². The third kappa shape index (κ3) is 3.51. The molecule has 5 nitrogen and oxygen atoms in total. The summed E-state index contributed by atoms with van der Waals surface area (Å²) >= 11 is 0.